The first kappa shape index (κ1) is 11.4. The smallest absolute Gasteiger partial charge is 0.185 e. The van der Waals surface area contributed by atoms with Gasteiger partial charge >= 0.3 is 0 Å². The molecule has 1 atom stereocenters. The van der Waals surface area contributed by atoms with E-state index in [0.29, 0.717) is 12.1 Å². The molecule has 3 rings (SSSR count). The van der Waals surface area contributed by atoms with Crippen LogP contribution in [0.25, 0.3) is 11.0 Å². The molecule has 1 saturated heterocycles. The second-order valence-corrected chi connectivity index (χ2v) is 4.71. The molecule has 0 spiro atoms. The fourth-order valence-corrected chi connectivity index (χ4v) is 2.45. The van der Waals surface area contributed by atoms with Crippen LogP contribution in [-0.4, -0.2) is 43.4 Å². The summed E-state index contributed by atoms with van der Waals surface area (Å²) in [7, 11) is 1.99. The van der Waals surface area contributed by atoms with Gasteiger partial charge < -0.3 is 9.73 Å². The Morgan fingerprint density at radius 1 is 1.44 bits per heavy atom. The number of carbonyl (C=O) groups is 1. The SMILES string of the molecule is CN1CCNCC1C(=O)c1coc2ccccc12. The van der Waals surface area contributed by atoms with E-state index in [9.17, 15) is 4.79 Å². The fraction of sp³-hybridized carbons (Fsp3) is 0.357. The number of benzene rings is 1. The lowest BCUT2D eigenvalue weighted by Crippen LogP contribution is -2.53. The summed E-state index contributed by atoms with van der Waals surface area (Å²) in [6.45, 7) is 2.54. The summed E-state index contributed by atoms with van der Waals surface area (Å²) in [5.74, 6) is 0.134. The molecule has 4 heteroatoms. The monoisotopic (exact) mass is 244 g/mol. The first-order valence-electron chi connectivity index (χ1n) is 6.19. The summed E-state index contributed by atoms with van der Waals surface area (Å²) in [6, 6.07) is 7.56. The first-order chi connectivity index (χ1) is 8.77. The van der Waals surface area contributed by atoms with Crippen molar-refractivity contribution in [3.05, 3.63) is 36.1 Å². The molecule has 0 aliphatic carbocycles. The van der Waals surface area contributed by atoms with Crippen molar-refractivity contribution >= 4 is 16.8 Å². The summed E-state index contributed by atoms with van der Waals surface area (Å²) in [5, 5.41) is 4.17. The van der Waals surface area contributed by atoms with Gasteiger partial charge in [-0.3, -0.25) is 9.69 Å². The van der Waals surface area contributed by atoms with Gasteiger partial charge in [0, 0.05) is 25.0 Å². The van der Waals surface area contributed by atoms with E-state index in [4.69, 9.17) is 4.42 Å². The Hall–Kier alpha value is -1.65. The standard InChI is InChI=1S/C14H16N2O2/c1-16-7-6-15-8-12(16)14(17)11-9-18-13-5-3-2-4-10(11)13/h2-5,9,12,15H,6-8H2,1H3. The zero-order valence-electron chi connectivity index (χ0n) is 10.3. The highest BCUT2D eigenvalue weighted by atomic mass is 16.3. The topological polar surface area (TPSA) is 45.5 Å². The lowest BCUT2D eigenvalue weighted by atomic mass is 10.0. The van der Waals surface area contributed by atoms with Crippen LogP contribution in [0, 0.1) is 0 Å². The highest BCUT2D eigenvalue weighted by Gasteiger charge is 2.28. The predicted molar refractivity (Wildman–Crippen MR) is 69.8 cm³/mol. The number of nitrogens with zero attached hydrogens (tertiary/aromatic N) is 1. The number of ketones is 1. The maximum Gasteiger partial charge on any atom is 0.185 e. The molecule has 0 radical (unpaired) electrons. The van der Waals surface area contributed by atoms with Crippen LogP contribution in [0.3, 0.4) is 0 Å². The molecule has 1 unspecified atom stereocenters. The molecule has 2 aromatic rings. The number of Topliss-reactive ketones (excluding diaryl/α,β-unsaturated/α-hetero) is 1. The Bertz CT molecular complexity index is 576. The number of nitrogens with one attached hydrogen (secondary N) is 1. The van der Waals surface area contributed by atoms with Crippen molar-refractivity contribution in [1.82, 2.24) is 10.2 Å². The Morgan fingerprint density at radius 2 is 2.28 bits per heavy atom. The lowest BCUT2D eigenvalue weighted by Gasteiger charge is -2.31. The van der Waals surface area contributed by atoms with Gasteiger partial charge in [0.05, 0.1) is 11.6 Å². The van der Waals surface area contributed by atoms with Gasteiger partial charge in [0.15, 0.2) is 5.78 Å². The molecule has 0 bridgehead atoms. The van der Waals surface area contributed by atoms with Crippen molar-refractivity contribution in [3.63, 3.8) is 0 Å². The molecule has 1 N–H and O–H groups in total. The quantitative estimate of drug-likeness (QED) is 0.814. The Kier molecular flexibility index (Phi) is 2.89. The molecule has 1 aliphatic rings. The number of likely N-dealkylation sites (N-methyl/N-ethyl adjacent to an activating group) is 1. The molecule has 1 aromatic heterocycles. The number of carbonyl (C=O) groups excluding carboxylic acids is 1. The third-order valence-electron chi connectivity index (χ3n) is 3.56. The van der Waals surface area contributed by atoms with E-state index in [1.807, 2.05) is 31.3 Å². The van der Waals surface area contributed by atoms with Gasteiger partial charge in [0.1, 0.15) is 11.8 Å². The van der Waals surface area contributed by atoms with E-state index in [1.54, 1.807) is 6.26 Å². The predicted octanol–water partition coefficient (Wildman–Crippen LogP) is 1.52. The van der Waals surface area contributed by atoms with Crippen molar-refractivity contribution in [2.75, 3.05) is 26.7 Å². The van der Waals surface area contributed by atoms with E-state index < -0.39 is 0 Å². The van der Waals surface area contributed by atoms with Crippen LogP contribution in [0.4, 0.5) is 0 Å². The van der Waals surface area contributed by atoms with Crippen molar-refractivity contribution in [2.45, 2.75) is 6.04 Å². The number of hydrogen-bond donors (Lipinski definition) is 1. The van der Waals surface area contributed by atoms with Gasteiger partial charge in [-0.15, -0.1) is 0 Å². The summed E-state index contributed by atoms with van der Waals surface area (Å²) in [5.41, 5.74) is 1.46. The minimum Gasteiger partial charge on any atom is -0.464 e. The van der Waals surface area contributed by atoms with Crippen LogP contribution in [0.1, 0.15) is 10.4 Å². The van der Waals surface area contributed by atoms with E-state index in [1.165, 1.54) is 0 Å². The van der Waals surface area contributed by atoms with E-state index in [0.717, 1.165) is 24.1 Å². The molecule has 1 aliphatic heterocycles. The number of piperazine rings is 1. The number of rotatable bonds is 2. The second kappa shape index (κ2) is 4.55. The average molecular weight is 244 g/mol. The third kappa shape index (κ3) is 1.83. The maximum atomic E-state index is 12.5. The Labute approximate surface area is 106 Å². The number of fused-ring (bicyclic) bond motifs is 1. The molecule has 1 aromatic carbocycles. The molecule has 18 heavy (non-hydrogen) atoms. The zero-order chi connectivity index (χ0) is 12.5. The van der Waals surface area contributed by atoms with E-state index in [2.05, 4.69) is 10.2 Å². The number of hydrogen-bond acceptors (Lipinski definition) is 4. The summed E-state index contributed by atoms with van der Waals surface area (Å²) < 4.78 is 5.44. The summed E-state index contributed by atoms with van der Waals surface area (Å²) >= 11 is 0. The van der Waals surface area contributed by atoms with E-state index in [-0.39, 0.29) is 11.8 Å². The average Bonchev–Trinajstić information content (AvgIpc) is 2.82. The van der Waals surface area contributed by atoms with Gasteiger partial charge in [-0.2, -0.15) is 0 Å². The van der Waals surface area contributed by atoms with E-state index >= 15 is 0 Å². The molecule has 0 saturated carbocycles. The fourth-order valence-electron chi connectivity index (χ4n) is 2.45. The number of para-hydroxylation sites is 1. The van der Waals surface area contributed by atoms with Gasteiger partial charge in [0.2, 0.25) is 0 Å². The van der Waals surface area contributed by atoms with Crippen LogP contribution in [0.15, 0.2) is 34.9 Å². The molecule has 94 valence electrons. The van der Waals surface area contributed by atoms with Crippen LogP contribution >= 0.6 is 0 Å². The van der Waals surface area contributed by atoms with Gasteiger partial charge in [-0.05, 0) is 13.1 Å². The zero-order valence-corrected chi connectivity index (χ0v) is 10.3. The third-order valence-corrected chi connectivity index (χ3v) is 3.56. The lowest BCUT2D eigenvalue weighted by molar-refractivity contribution is 0.0820. The Morgan fingerprint density at radius 3 is 3.11 bits per heavy atom. The number of furan rings is 1. The minimum absolute atomic E-state index is 0.0974. The molecule has 0 amide bonds. The van der Waals surface area contributed by atoms with Crippen LogP contribution in [-0.2, 0) is 0 Å². The largest absolute Gasteiger partial charge is 0.464 e. The molecular formula is C14H16N2O2. The second-order valence-electron chi connectivity index (χ2n) is 4.71. The molecule has 2 heterocycles. The summed E-state index contributed by atoms with van der Waals surface area (Å²) in [4.78, 5) is 14.6. The Balaban J connectivity index is 1.96. The first-order valence-corrected chi connectivity index (χ1v) is 6.19. The van der Waals surface area contributed by atoms with Gasteiger partial charge in [-0.1, -0.05) is 18.2 Å². The molecular weight excluding hydrogens is 228 g/mol. The van der Waals surface area contributed by atoms with Crippen LogP contribution in [0.2, 0.25) is 0 Å². The normalized spacial score (nSPS) is 21.3. The summed E-state index contributed by atoms with van der Waals surface area (Å²) in [6.07, 6.45) is 1.58. The van der Waals surface area contributed by atoms with Crippen LogP contribution < -0.4 is 5.32 Å². The van der Waals surface area contributed by atoms with Gasteiger partial charge in [0.25, 0.3) is 0 Å². The highest BCUT2D eigenvalue weighted by Crippen LogP contribution is 2.23. The molecule has 1 fully saturated rings. The minimum atomic E-state index is -0.0974. The van der Waals surface area contributed by atoms with Crippen molar-refractivity contribution < 1.29 is 9.21 Å². The highest BCUT2D eigenvalue weighted by molar-refractivity contribution is 6.09. The van der Waals surface area contributed by atoms with Crippen LogP contribution in [0.5, 0.6) is 0 Å². The van der Waals surface area contributed by atoms with Crippen molar-refractivity contribution in [2.24, 2.45) is 0 Å². The van der Waals surface area contributed by atoms with Crippen molar-refractivity contribution in [1.29, 1.82) is 0 Å². The maximum absolute atomic E-state index is 12.5. The van der Waals surface area contributed by atoms with Gasteiger partial charge in [-0.25, -0.2) is 0 Å². The van der Waals surface area contributed by atoms with Crippen molar-refractivity contribution in [3.8, 4) is 0 Å². The molecule has 4 nitrogen and oxygen atoms in total.